The summed E-state index contributed by atoms with van der Waals surface area (Å²) in [6.45, 7) is 1.59. The van der Waals surface area contributed by atoms with Gasteiger partial charge in [0.2, 0.25) is 5.43 Å². The van der Waals surface area contributed by atoms with Gasteiger partial charge in [-0.25, -0.2) is 9.37 Å². The molecule has 3 aromatic carbocycles. The van der Waals surface area contributed by atoms with E-state index in [1.807, 2.05) is 64.0 Å². The predicted octanol–water partition coefficient (Wildman–Crippen LogP) is 5.76. The number of carbonyl (C=O) groups is 1. The zero-order chi connectivity index (χ0) is 30.2. The van der Waals surface area contributed by atoms with Gasteiger partial charge in [-0.2, -0.15) is 0 Å². The van der Waals surface area contributed by atoms with Crippen LogP contribution in [0.15, 0.2) is 94.2 Å². The van der Waals surface area contributed by atoms with Crippen LogP contribution in [0, 0.1) is 5.82 Å². The number of aromatic nitrogens is 4. The minimum atomic E-state index is -0.530. The molecule has 0 saturated heterocycles. The molecule has 44 heavy (non-hydrogen) atoms. The minimum absolute atomic E-state index is 0.0359. The first-order chi connectivity index (χ1) is 21.5. The summed E-state index contributed by atoms with van der Waals surface area (Å²) in [4.78, 5) is 36.0. The van der Waals surface area contributed by atoms with Crippen molar-refractivity contribution >= 4 is 45.2 Å². The van der Waals surface area contributed by atoms with E-state index < -0.39 is 17.2 Å². The number of para-hydroxylation sites is 1. The molecular formula is C33H29FN6O3S. The van der Waals surface area contributed by atoms with Crippen LogP contribution in [0.5, 0.6) is 5.75 Å². The molecule has 222 valence electrons. The predicted molar refractivity (Wildman–Crippen MR) is 170 cm³/mol. The average molecular weight is 609 g/mol. The summed E-state index contributed by atoms with van der Waals surface area (Å²) in [5.74, 6) is -0.283. The Balaban J connectivity index is 1.19. The number of benzene rings is 3. The number of H-pyrrole nitrogens is 1. The second-order valence-electron chi connectivity index (χ2n) is 10.6. The highest BCUT2D eigenvalue weighted by Crippen LogP contribution is 2.46. The number of fused-ring (bicyclic) bond motifs is 3. The van der Waals surface area contributed by atoms with Crippen molar-refractivity contribution in [3.05, 3.63) is 107 Å². The van der Waals surface area contributed by atoms with E-state index in [1.54, 1.807) is 25.8 Å². The van der Waals surface area contributed by atoms with Crippen LogP contribution < -0.4 is 20.8 Å². The van der Waals surface area contributed by atoms with Gasteiger partial charge in [0.15, 0.2) is 0 Å². The van der Waals surface area contributed by atoms with Crippen molar-refractivity contribution in [1.29, 1.82) is 0 Å². The smallest absolute Gasteiger partial charge is 0.256 e. The molecule has 4 heterocycles. The van der Waals surface area contributed by atoms with Crippen molar-refractivity contribution < 1.29 is 13.9 Å². The highest BCUT2D eigenvalue weighted by Gasteiger charge is 2.27. The topological polar surface area (TPSA) is 106 Å². The van der Waals surface area contributed by atoms with E-state index in [2.05, 4.69) is 20.6 Å². The quantitative estimate of drug-likeness (QED) is 0.171. The molecule has 0 aliphatic carbocycles. The van der Waals surface area contributed by atoms with Gasteiger partial charge in [-0.15, -0.1) is 0 Å². The molecule has 1 aliphatic rings. The molecule has 7 rings (SSSR count). The lowest BCUT2D eigenvalue weighted by molar-refractivity contribution is 0.0952. The molecule has 0 unspecified atom stereocenters. The minimum Gasteiger partial charge on any atom is -0.497 e. The highest BCUT2D eigenvalue weighted by molar-refractivity contribution is 8.00. The van der Waals surface area contributed by atoms with E-state index in [-0.39, 0.29) is 10.9 Å². The summed E-state index contributed by atoms with van der Waals surface area (Å²) in [5, 5.41) is 7.34. The number of halogens is 1. The first-order valence-electron chi connectivity index (χ1n) is 14.3. The molecule has 1 aliphatic heterocycles. The molecule has 3 N–H and O–H groups in total. The van der Waals surface area contributed by atoms with Gasteiger partial charge in [0.05, 0.1) is 40.6 Å². The first-order valence-corrected chi connectivity index (χ1v) is 15.1. The zero-order valence-electron chi connectivity index (χ0n) is 23.9. The van der Waals surface area contributed by atoms with Crippen molar-refractivity contribution in [2.75, 3.05) is 25.5 Å². The molecule has 0 spiro atoms. The Bertz CT molecular complexity index is 2090. The Kier molecular flexibility index (Phi) is 7.31. The van der Waals surface area contributed by atoms with Crippen molar-refractivity contribution in [2.24, 2.45) is 0 Å². The number of imidazole rings is 1. The van der Waals surface area contributed by atoms with E-state index in [0.29, 0.717) is 35.6 Å². The summed E-state index contributed by atoms with van der Waals surface area (Å²) in [7, 11) is 1.62. The van der Waals surface area contributed by atoms with Crippen molar-refractivity contribution in [2.45, 2.75) is 29.2 Å². The van der Waals surface area contributed by atoms with Gasteiger partial charge in [0, 0.05) is 60.2 Å². The average Bonchev–Trinajstić information content (AvgIpc) is 3.71. The van der Waals surface area contributed by atoms with Gasteiger partial charge in [0.25, 0.3) is 5.91 Å². The standard InChI is InChI=1S/C33H29FN6O3S/c1-43-21-7-8-26-22(15-21)20(17-38-26)9-11-37-33(42)24-18-40-27-5-2-3-6-28(27)44-32-29(25(34)16-23(30(32)40)31(24)41)36-10-4-13-39-14-12-35-19-39/h2-3,5-8,12,14-19,36,38H,4,9-11,13H2,1H3,(H,37,42). The summed E-state index contributed by atoms with van der Waals surface area (Å²) >= 11 is 1.42. The Morgan fingerprint density at radius 3 is 2.86 bits per heavy atom. The number of hydrogen-bond acceptors (Lipinski definition) is 6. The number of carbonyl (C=O) groups excluding carboxylic acids is 1. The monoisotopic (exact) mass is 608 g/mol. The molecule has 0 fully saturated rings. The lowest BCUT2D eigenvalue weighted by Gasteiger charge is -2.25. The van der Waals surface area contributed by atoms with Crippen LogP contribution in [0.25, 0.3) is 27.5 Å². The molecule has 9 nitrogen and oxygen atoms in total. The largest absolute Gasteiger partial charge is 0.497 e. The number of aromatic amines is 1. The second kappa shape index (κ2) is 11.6. The molecule has 3 aromatic heterocycles. The van der Waals surface area contributed by atoms with Gasteiger partial charge in [-0.05, 0) is 54.8 Å². The summed E-state index contributed by atoms with van der Waals surface area (Å²) in [6, 6.07) is 14.8. The van der Waals surface area contributed by atoms with E-state index >= 15 is 4.39 Å². The lowest BCUT2D eigenvalue weighted by atomic mass is 10.1. The van der Waals surface area contributed by atoms with Crippen LogP contribution in [-0.4, -0.2) is 45.2 Å². The maximum Gasteiger partial charge on any atom is 0.256 e. The molecule has 0 saturated carbocycles. The Labute approximate surface area is 256 Å². The normalized spacial score (nSPS) is 12.0. The maximum atomic E-state index is 15.7. The van der Waals surface area contributed by atoms with Crippen molar-refractivity contribution in [3.8, 4) is 11.4 Å². The zero-order valence-corrected chi connectivity index (χ0v) is 24.7. The van der Waals surface area contributed by atoms with Crippen LogP contribution in [0.2, 0.25) is 0 Å². The van der Waals surface area contributed by atoms with E-state index in [1.165, 1.54) is 17.8 Å². The highest BCUT2D eigenvalue weighted by atomic mass is 32.2. The Morgan fingerprint density at radius 2 is 2.02 bits per heavy atom. The van der Waals surface area contributed by atoms with Gasteiger partial charge in [0.1, 0.15) is 17.1 Å². The fourth-order valence-electron chi connectivity index (χ4n) is 5.69. The molecule has 6 aromatic rings. The molecule has 0 bridgehead atoms. The van der Waals surface area contributed by atoms with E-state index in [0.717, 1.165) is 45.8 Å². The fourth-order valence-corrected chi connectivity index (χ4v) is 6.90. The SMILES string of the molecule is COc1ccc2[nH]cc(CCNC(=O)c3cn4c5c(c(NCCCn6ccnc6)c(F)cc5c3=O)Sc3ccccc3-4)c2c1. The van der Waals surface area contributed by atoms with Crippen LogP contribution in [0.4, 0.5) is 10.1 Å². The number of nitrogens with one attached hydrogen (secondary N) is 3. The van der Waals surface area contributed by atoms with Gasteiger partial charge >= 0.3 is 0 Å². The van der Waals surface area contributed by atoms with Gasteiger partial charge in [-0.1, -0.05) is 23.9 Å². The summed E-state index contributed by atoms with van der Waals surface area (Å²) in [6.07, 6.45) is 10.2. The number of methoxy groups -OCH3 is 1. The second-order valence-corrected chi connectivity index (χ2v) is 11.6. The van der Waals surface area contributed by atoms with Gasteiger partial charge < -0.3 is 29.5 Å². The number of pyridine rings is 1. The third kappa shape index (κ3) is 4.98. The molecular weight excluding hydrogens is 579 g/mol. The van der Waals surface area contributed by atoms with Crippen LogP contribution in [0.3, 0.4) is 0 Å². The summed E-state index contributed by atoms with van der Waals surface area (Å²) < 4.78 is 24.9. The molecule has 11 heteroatoms. The Hall–Kier alpha value is -5.03. The van der Waals surface area contributed by atoms with Gasteiger partial charge in [-0.3, -0.25) is 9.59 Å². The van der Waals surface area contributed by atoms with Crippen molar-refractivity contribution in [1.82, 2.24) is 24.4 Å². The number of ether oxygens (including phenoxy) is 1. The summed E-state index contributed by atoms with van der Waals surface area (Å²) in [5.41, 5.74) is 3.22. The third-order valence-electron chi connectivity index (χ3n) is 7.89. The number of aryl methyl sites for hydroxylation is 1. The van der Waals surface area contributed by atoms with Crippen LogP contribution in [-0.2, 0) is 13.0 Å². The number of amides is 1. The van der Waals surface area contributed by atoms with E-state index in [4.69, 9.17) is 4.74 Å². The number of anilines is 1. The number of rotatable bonds is 10. The van der Waals surface area contributed by atoms with Crippen LogP contribution >= 0.6 is 11.8 Å². The number of hydrogen-bond donors (Lipinski definition) is 3. The first kappa shape index (κ1) is 27.8. The van der Waals surface area contributed by atoms with Crippen molar-refractivity contribution in [3.63, 3.8) is 0 Å². The number of nitrogens with zero attached hydrogens (tertiary/aromatic N) is 3. The third-order valence-corrected chi connectivity index (χ3v) is 9.05. The Morgan fingerprint density at radius 1 is 1.14 bits per heavy atom. The lowest BCUT2D eigenvalue weighted by Crippen LogP contribution is -2.31. The maximum absolute atomic E-state index is 15.7. The molecule has 0 atom stereocenters. The molecule has 0 radical (unpaired) electrons. The van der Waals surface area contributed by atoms with Crippen LogP contribution in [0.1, 0.15) is 22.3 Å². The molecule has 1 amide bonds. The fraction of sp³-hybridized carbons (Fsp3) is 0.182. The van der Waals surface area contributed by atoms with E-state index in [9.17, 15) is 9.59 Å².